The van der Waals surface area contributed by atoms with Crippen LogP contribution in [0.5, 0.6) is 0 Å². The maximum absolute atomic E-state index is 10.3. The molecule has 3 N–H and O–H groups in total. The van der Waals surface area contributed by atoms with E-state index < -0.39 is 12.6 Å². The lowest BCUT2D eigenvalue weighted by Crippen LogP contribution is -2.36. The van der Waals surface area contributed by atoms with Crippen LogP contribution in [0.1, 0.15) is 0 Å². The molecular weight excluding hydrogens is 108 g/mol. The van der Waals surface area contributed by atoms with Crippen molar-refractivity contribution >= 4 is 5.91 Å². The number of nitrogens with two attached hydrogens (primary N) is 1. The number of carbonyl (C=O) groups is 1. The van der Waals surface area contributed by atoms with Gasteiger partial charge in [-0.2, -0.15) is 0 Å². The first-order valence-electron chi connectivity index (χ1n) is 2.02. The SMILES string of the molecule is C=CC(=O)N(N)CO. The Bertz CT molecular complexity index is 102. The molecule has 0 aromatic carbocycles. The smallest absolute Gasteiger partial charge is 0.261 e. The van der Waals surface area contributed by atoms with Crippen molar-refractivity contribution in [1.29, 1.82) is 0 Å². The monoisotopic (exact) mass is 116 g/mol. The topological polar surface area (TPSA) is 66.6 Å². The fraction of sp³-hybridized carbons (Fsp3) is 0.250. The van der Waals surface area contributed by atoms with Gasteiger partial charge in [0, 0.05) is 0 Å². The van der Waals surface area contributed by atoms with E-state index in [2.05, 4.69) is 6.58 Å². The molecule has 1 amide bonds. The first kappa shape index (κ1) is 7.13. The zero-order valence-corrected chi connectivity index (χ0v) is 4.37. The third kappa shape index (κ3) is 1.72. The Morgan fingerprint density at radius 3 is 2.62 bits per heavy atom. The molecule has 0 aromatic rings. The number of hydrogen-bond donors (Lipinski definition) is 2. The van der Waals surface area contributed by atoms with Gasteiger partial charge in [0.15, 0.2) is 0 Å². The van der Waals surface area contributed by atoms with Crippen molar-refractivity contribution in [2.75, 3.05) is 6.73 Å². The highest BCUT2D eigenvalue weighted by atomic mass is 16.3. The summed E-state index contributed by atoms with van der Waals surface area (Å²) in [5, 5.41) is 8.81. The summed E-state index contributed by atoms with van der Waals surface area (Å²) in [4.78, 5) is 10.3. The van der Waals surface area contributed by atoms with Crippen LogP contribution in [0.3, 0.4) is 0 Å². The van der Waals surface area contributed by atoms with Crippen molar-refractivity contribution in [3.63, 3.8) is 0 Å². The third-order valence-electron chi connectivity index (χ3n) is 0.610. The average Bonchev–Trinajstić information content (AvgIpc) is 1.84. The summed E-state index contributed by atoms with van der Waals surface area (Å²) in [5.41, 5.74) is 0. The minimum Gasteiger partial charge on any atom is -0.375 e. The van der Waals surface area contributed by atoms with Crippen molar-refractivity contribution in [3.05, 3.63) is 12.7 Å². The maximum Gasteiger partial charge on any atom is 0.261 e. The van der Waals surface area contributed by atoms with Crippen molar-refractivity contribution < 1.29 is 9.90 Å². The van der Waals surface area contributed by atoms with Gasteiger partial charge in [0.2, 0.25) is 0 Å². The quantitative estimate of drug-likeness (QED) is 0.157. The van der Waals surface area contributed by atoms with Crippen LogP contribution >= 0.6 is 0 Å². The molecule has 0 saturated carbocycles. The van der Waals surface area contributed by atoms with Crippen LogP contribution in [0, 0.1) is 0 Å². The van der Waals surface area contributed by atoms with E-state index in [9.17, 15) is 4.79 Å². The normalized spacial score (nSPS) is 8.25. The molecule has 0 radical (unpaired) electrons. The van der Waals surface area contributed by atoms with Crippen LogP contribution in [0.4, 0.5) is 0 Å². The number of hydrazine groups is 1. The second-order valence-electron chi connectivity index (χ2n) is 1.15. The Hall–Kier alpha value is -0.870. The van der Waals surface area contributed by atoms with Crippen molar-refractivity contribution in [2.45, 2.75) is 0 Å². The van der Waals surface area contributed by atoms with E-state index in [0.717, 1.165) is 6.08 Å². The van der Waals surface area contributed by atoms with Crippen LogP contribution in [0.25, 0.3) is 0 Å². The minimum absolute atomic E-state index is 0.481. The Labute approximate surface area is 47.2 Å². The standard InChI is InChI=1S/C4H8N2O2/c1-2-4(8)6(5)3-7/h2,7H,1,3,5H2. The highest BCUT2D eigenvalue weighted by molar-refractivity contribution is 5.86. The predicted molar refractivity (Wildman–Crippen MR) is 28.3 cm³/mol. The summed E-state index contributed by atoms with van der Waals surface area (Å²) in [6.45, 7) is 2.67. The van der Waals surface area contributed by atoms with E-state index >= 15 is 0 Å². The van der Waals surface area contributed by atoms with E-state index in [-0.39, 0.29) is 0 Å². The summed E-state index contributed by atoms with van der Waals surface area (Å²) in [7, 11) is 0. The molecule has 0 aromatic heterocycles. The number of carbonyl (C=O) groups excluding carboxylic acids is 1. The fourth-order valence-electron chi connectivity index (χ4n) is 0.187. The molecule has 0 unspecified atom stereocenters. The average molecular weight is 116 g/mol. The van der Waals surface area contributed by atoms with E-state index in [1.807, 2.05) is 0 Å². The molecule has 4 heteroatoms. The highest BCUT2D eigenvalue weighted by Crippen LogP contribution is 1.75. The third-order valence-corrected chi connectivity index (χ3v) is 0.610. The lowest BCUT2D eigenvalue weighted by molar-refractivity contribution is -0.129. The zero-order valence-electron chi connectivity index (χ0n) is 4.37. The molecule has 0 atom stereocenters. The molecular formula is C4H8N2O2. The number of aliphatic hydroxyl groups is 1. The Morgan fingerprint density at radius 1 is 2.00 bits per heavy atom. The van der Waals surface area contributed by atoms with E-state index in [1.165, 1.54) is 0 Å². The molecule has 0 heterocycles. The van der Waals surface area contributed by atoms with Gasteiger partial charge in [0.05, 0.1) is 0 Å². The first-order valence-corrected chi connectivity index (χ1v) is 2.02. The van der Waals surface area contributed by atoms with E-state index in [0.29, 0.717) is 5.01 Å². The first-order chi connectivity index (χ1) is 3.72. The predicted octanol–water partition coefficient (Wildman–Crippen LogP) is -1.18. The molecule has 0 aliphatic rings. The Balaban J connectivity index is 3.62. The van der Waals surface area contributed by atoms with Gasteiger partial charge in [0.1, 0.15) is 6.73 Å². The van der Waals surface area contributed by atoms with Gasteiger partial charge in [-0.25, -0.2) is 5.84 Å². The van der Waals surface area contributed by atoms with Crippen LogP contribution in [-0.4, -0.2) is 22.8 Å². The largest absolute Gasteiger partial charge is 0.375 e. The lowest BCUT2D eigenvalue weighted by atomic mass is 10.6. The highest BCUT2D eigenvalue weighted by Gasteiger charge is 1.98. The van der Waals surface area contributed by atoms with Gasteiger partial charge < -0.3 is 5.11 Å². The molecule has 0 bridgehead atoms. The molecule has 0 fully saturated rings. The van der Waals surface area contributed by atoms with Crippen molar-refractivity contribution in [1.82, 2.24) is 5.01 Å². The molecule has 4 nitrogen and oxygen atoms in total. The summed E-state index contributed by atoms with van der Waals surface area (Å²) in [5.74, 6) is 4.40. The summed E-state index contributed by atoms with van der Waals surface area (Å²) in [6, 6.07) is 0. The number of nitrogens with zero attached hydrogens (tertiary/aromatic N) is 1. The van der Waals surface area contributed by atoms with Crippen LogP contribution in [-0.2, 0) is 4.79 Å². The number of aliphatic hydroxyl groups excluding tert-OH is 1. The molecule has 8 heavy (non-hydrogen) atoms. The van der Waals surface area contributed by atoms with Gasteiger partial charge in [-0.1, -0.05) is 6.58 Å². The second kappa shape index (κ2) is 3.17. The molecule has 0 aliphatic heterocycles. The number of rotatable bonds is 2. The lowest BCUT2D eigenvalue weighted by Gasteiger charge is -2.07. The van der Waals surface area contributed by atoms with E-state index in [1.54, 1.807) is 0 Å². The van der Waals surface area contributed by atoms with Crippen molar-refractivity contribution in [2.24, 2.45) is 5.84 Å². The van der Waals surface area contributed by atoms with Crippen LogP contribution in [0.2, 0.25) is 0 Å². The number of hydrogen-bond acceptors (Lipinski definition) is 3. The van der Waals surface area contributed by atoms with Gasteiger partial charge in [-0.3, -0.25) is 9.80 Å². The Kier molecular flexibility index (Phi) is 2.83. The summed E-state index contributed by atoms with van der Waals surface area (Å²) < 4.78 is 0. The minimum atomic E-state index is -0.493. The maximum atomic E-state index is 10.3. The van der Waals surface area contributed by atoms with Crippen LogP contribution in [0.15, 0.2) is 12.7 Å². The van der Waals surface area contributed by atoms with Gasteiger partial charge in [-0.15, -0.1) is 0 Å². The van der Waals surface area contributed by atoms with Crippen LogP contribution < -0.4 is 5.84 Å². The van der Waals surface area contributed by atoms with Gasteiger partial charge in [0.25, 0.3) is 5.91 Å². The zero-order chi connectivity index (χ0) is 6.57. The summed E-state index contributed by atoms with van der Waals surface area (Å²) >= 11 is 0. The van der Waals surface area contributed by atoms with Gasteiger partial charge in [-0.05, 0) is 6.08 Å². The summed E-state index contributed by atoms with van der Waals surface area (Å²) in [6.07, 6.45) is 1.02. The molecule has 0 rings (SSSR count). The molecule has 0 spiro atoms. The molecule has 46 valence electrons. The van der Waals surface area contributed by atoms with Gasteiger partial charge >= 0.3 is 0 Å². The number of amides is 1. The second-order valence-corrected chi connectivity index (χ2v) is 1.15. The molecule has 0 saturated heterocycles. The van der Waals surface area contributed by atoms with E-state index in [4.69, 9.17) is 10.9 Å². The molecule has 0 aliphatic carbocycles. The Morgan fingerprint density at radius 2 is 2.50 bits per heavy atom. The fourth-order valence-corrected chi connectivity index (χ4v) is 0.187. The van der Waals surface area contributed by atoms with Crippen molar-refractivity contribution in [3.8, 4) is 0 Å².